The van der Waals surface area contributed by atoms with E-state index in [4.69, 9.17) is 4.74 Å². The van der Waals surface area contributed by atoms with Crippen molar-refractivity contribution in [3.63, 3.8) is 0 Å². The quantitative estimate of drug-likeness (QED) is 0.737. The summed E-state index contributed by atoms with van der Waals surface area (Å²) in [5, 5.41) is 0. The summed E-state index contributed by atoms with van der Waals surface area (Å²) >= 11 is 0. The van der Waals surface area contributed by atoms with E-state index in [9.17, 15) is 9.59 Å². The van der Waals surface area contributed by atoms with Gasteiger partial charge in [-0.15, -0.1) is 0 Å². The van der Waals surface area contributed by atoms with E-state index in [1.54, 1.807) is 29.2 Å². The number of rotatable bonds is 7. The van der Waals surface area contributed by atoms with Crippen molar-refractivity contribution < 1.29 is 14.3 Å². The van der Waals surface area contributed by atoms with Crippen LogP contribution in [0.2, 0.25) is 0 Å². The molecule has 0 atom stereocenters. The second-order valence-electron chi connectivity index (χ2n) is 5.58. The molecule has 0 radical (unpaired) electrons. The van der Waals surface area contributed by atoms with E-state index in [0.29, 0.717) is 17.9 Å². The third kappa shape index (κ3) is 4.95. The van der Waals surface area contributed by atoms with Gasteiger partial charge in [0, 0.05) is 18.2 Å². The summed E-state index contributed by atoms with van der Waals surface area (Å²) in [5.41, 5.74) is 1.67. The largest absolute Gasteiger partial charge is 0.484 e. The molecule has 0 fully saturated rings. The van der Waals surface area contributed by atoms with E-state index in [2.05, 4.69) is 0 Å². The molecule has 2 rings (SSSR count). The van der Waals surface area contributed by atoms with Gasteiger partial charge in [0.05, 0.1) is 0 Å². The van der Waals surface area contributed by atoms with Crippen LogP contribution in [0.1, 0.15) is 29.8 Å². The number of carbonyl (C=O) groups is 2. The molecular weight excluding hydrogens is 290 g/mol. The van der Waals surface area contributed by atoms with Crippen LogP contribution in [0.3, 0.4) is 0 Å². The van der Waals surface area contributed by atoms with Crippen molar-refractivity contribution in [2.24, 2.45) is 0 Å². The van der Waals surface area contributed by atoms with Crippen LogP contribution in [0.15, 0.2) is 54.6 Å². The van der Waals surface area contributed by atoms with Crippen molar-refractivity contribution in [3.8, 4) is 5.75 Å². The number of carbonyl (C=O) groups excluding carboxylic acids is 2. The zero-order valence-electron chi connectivity index (χ0n) is 13.4. The number of amides is 1. The Morgan fingerprint density at radius 3 is 2.30 bits per heavy atom. The Morgan fingerprint density at radius 2 is 1.74 bits per heavy atom. The van der Waals surface area contributed by atoms with Gasteiger partial charge in [0.1, 0.15) is 12.0 Å². The first-order chi connectivity index (χ1) is 11.1. The highest BCUT2D eigenvalue weighted by molar-refractivity contribution is 5.78. The maximum Gasteiger partial charge on any atom is 0.261 e. The van der Waals surface area contributed by atoms with E-state index in [1.807, 2.05) is 44.2 Å². The zero-order valence-corrected chi connectivity index (χ0v) is 13.4. The van der Waals surface area contributed by atoms with Gasteiger partial charge >= 0.3 is 0 Å². The standard InChI is InChI=1S/C19H21NO3/c1-15(2)20(12-16-6-4-3-5-7-16)19(22)14-23-18-10-8-17(13-21)9-11-18/h3-11,13,15H,12,14H2,1-2H3. The molecule has 0 aliphatic heterocycles. The molecule has 0 N–H and O–H groups in total. The maximum absolute atomic E-state index is 12.4. The normalized spacial score (nSPS) is 10.4. The first-order valence-electron chi connectivity index (χ1n) is 7.61. The minimum Gasteiger partial charge on any atom is -0.484 e. The predicted molar refractivity (Wildman–Crippen MR) is 89.5 cm³/mol. The van der Waals surface area contributed by atoms with Crippen LogP contribution in [-0.2, 0) is 11.3 Å². The summed E-state index contributed by atoms with van der Waals surface area (Å²) in [6.45, 7) is 4.51. The minimum atomic E-state index is -0.0664. The lowest BCUT2D eigenvalue weighted by atomic mass is 10.2. The predicted octanol–water partition coefficient (Wildman–Crippen LogP) is 3.32. The summed E-state index contributed by atoms with van der Waals surface area (Å²) in [7, 11) is 0. The third-order valence-electron chi connectivity index (χ3n) is 3.52. The Morgan fingerprint density at radius 1 is 1.09 bits per heavy atom. The van der Waals surface area contributed by atoms with Crippen molar-refractivity contribution in [1.82, 2.24) is 4.90 Å². The van der Waals surface area contributed by atoms with E-state index in [-0.39, 0.29) is 18.6 Å². The van der Waals surface area contributed by atoms with Crippen LogP contribution >= 0.6 is 0 Å². The smallest absolute Gasteiger partial charge is 0.261 e. The number of hydrogen-bond acceptors (Lipinski definition) is 3. The Labute approximate surface area is 136 Å². The Hall–Kier alpha value is -2.62. The van der Waals surface area contributed by atoms with Gasteiger partial charge in [-0.1, -0.05) is 30.3 Å². The molecule has 4 nitrogen and oxygen atoms in total. The molecule has 23 heavy (non-hydrogen) atoms. The average Bonchev–Trinajstić information content (AvgIpc) is 2.58. The molecule has 0 spiro atoms. The highest BCUT2D eigenvalue weighted by Gasteiger charge is 2.17. The van der Waals surface area contributed by atoms with E-state index in [0.717, 1.165) is 11.8 Å². The lowest BCUT2D eigenvalue weighted by molar-refractivity contribution is -0.135. The van der Waals surface area contributed by atoms with Crippen molar-refractivity contribution in [3.05, 3.63) is 65.7 Å². The zero-order chi connectivity index (χ0) is 16.7. The van der Waals surface area contributed by atoms with Gasteiger partial charge in [0.15, 0.2) is 6.61 Å². The van der Waals surface area contributed by atoms with Gasteiger partial charge in [-0.3, -0.25) is 9.59 Å². The molecule has 0 aromatic heterocycles. The molecule has 120 valence electrons. The third-order valence-corrected chi connectivity index (χ3v) is 3.52. The maximum atomic E-state index is 12.4. The summed E-state index contributed by atoms with van der Waals surface area (Å²) in [6.07, 6.45) is 0.773. The van der Waals surface area contributed by atoms with E-state index in [1.165, 1.54) is 0 Å². The monoisotopic (exact) mass is 311 g/mol. The SMILES string of the molecule is CC(C)N(Cc1ccccc1)C(=O)COc1ccc(C=O)cc1. The highest BCUT2D eigenvalue weighted by Crippen LogP contribution is 2.13. The van der Waals surface area contributed by atoms with E-state index < -0.39 is 0 Å². The topological polar surface area (TPSA) is 46.6 Å². The Balaban J connectivity index is 1.96. The van der Waals surface area contributed by atoms with Crippen LogP contribution in [0.5, 0.6) is 5.75 Å². The van der Waals surface area contributed by atoms with Gasteiger partial charge in [0.2, 0.25) is 0 Å². The molecule has 0 unspecified atom stereocenters. The Kier molecular flexibility index (Phi) is 5.92. The fourth-order valence-electron chi connectivity index (χ4n) is 2.21. The molecule has 1 amide bonds. The molecule has 2 aromatic rings. The molecule has 0 saturated heterocycles. The van der Waals surface area contributed by atoms with Crippen LogP contribution in [0.25, 0.3) is 0 Å². The van der Waals surface area contributed by atoms with Crippen LogP contribution in [0.4, 0.5) is 0 Å². The lowest BCUT2D eigenvalue weighted by Crippen LogP contribution is -2.39. The fraction of sp³-hybridized carbons (Fsp3) is 0.263. The first-order valence-corrected chi connectivity index (χ1v) is 7.61. The molecule has 0 aliphatic rings. The lowest BCUT2D eigenvalue weighted by Gasteiger charge is -2.27. The second kappa shape index (κ2) is 8.13. The molecule has 0 heterocycles. The summed E-state index contributed by atoms with van der Waals surface area (Å²) < 4.78 is 5.53. The number of benzene rings is 2. The summed E-state index contributed by atoms with van der Waals surface area (Å²) in [5.74, 6) is 0.510. The van der Waals surface area contributed by atoms with Crippen molar-refractivity contribution in [2.75, 3.05) is 6.61 Å². The highest BCUT2D eigenvalue weighted by atomic mass is 16.5. The van der Waals surface area contributed by atoms with Crippen molar-refractivity contribution in [2.45, 2.75) is 26.4 Å². The van der Waals surface area contributed by atoms with Gasteiger partial charge in [-0.25, -0.2) is 0 Å². The van der Waals surface area contributed by atoms with Gasteiger partial charge in [0.25, 0.3) is 5.91 Å². The van der Waals surface area contributed by atoms with Crippen molar-refractivity contribution in [1.29, 1.82) is 0 Å². The van der Waals surface area contributed by atoms with Gasteiger partial charge < -0.3 is 9.64 Å². The molecule has 0 saturated carbocycles. The first kappa shape index (κ1) is 16.7. The molecule has 0 aliphatic carbocycles. The van der Waals surface area contributed by atoms with Crippen molar-refractivity contribution >= 4 is 12.2 Å². The van der Waals surface area contributed by atoms with Crippen LogP contribution in [0, 0.1) is 0 Å². The van der Waals surface area contributed by atoms with Gasteiger partial charge in [-0.05, 0) is 43.7 Å². The van der Waals surface area contributed by atoms with Crippen LogP contribution < -0.4 is 4.74 Å². The average molecular weight is 311 g/mol. The van der Waals surface area contributed by atoms with E-state index >= 15 is 0 Å². The molecular formula is C19H21NO3. The molecule has 4 heteroatoms. The number of ether oxygens (including phenoxy) is 1. The molecule has 0 bridgehead atoms. The molecule has 2 aromatic carbocycles. The van der Waals surface area contributed by atoms with Crippen LogP contribution in [-0.4, -0.2) is 29.7 Å². The summed E-state index contributed by atoms with van der Waals surface area (Å²) in [4.78, 5) is 24.8. The number of hydrogen-bond donors (Lipinski definition) is 0. The number of nitrogens with zero attached hydrogens (tertiary/aromatic N) is 1. The summed E-state index contributed by atoms with van der Waals surface area (Å²) in [6, 6.07) is 16.7. The number of aldehydes is 1. The second-order valence-corrected chi connectivity index (χ2v) is 5.58. The van der Waals surface area contributed by atoms with Gasteiger partial charge in [-0.2, -0.15) is 0 Å². The fourth-order valence-corrected chi connectivity index (χ4v) is 2.21. The Bertz CT molecular complexity index is 635. The minimum absolute atomic E-state index is 0.0224.